The summed E-state index contributed by atoms with van der Waals surface area (Å²) < 4.78 is 11.8. The highest BCUT2D eigenvalue weighted by molar-refractivity contribution is 5.84. The van der Waals surface area contributed by atoms with Gasteiger partial charge < -0.3 is 25.0 Å². The maximum absolute atomic E-state index is 13.0. The van der Waals surface area contributed by atoms with Crippen LogP contribution in [0.1, 0.15) is 126 Å². The molecule has 1 heterocycles. The average molecular weight is 596 g/mol. The van der Waals surface area contributed by atoms with Gasteiger partial charge in [-0.3, -0.25) is 19.2 Å². The zero-order valence-corrected chi connectivity index (χ0v) is 27.8. The number of amides is 2. The van der Waals surface area contributed by atoms with Crippen LogP contribution < -0.4 is 10.6 Å². The van der Waals surface area contributed by atoms with Crippen LogP contribution in [0.25, 0.3) is 0 Å². The molecule has 0 radical (unpaired) electrons. The predicted octanol–water partition coefficient (Wildman–Crippen LogP) is 4.98. The maximum Gasteiger partial charge on any atom is 0.237 e. The van der Waals surface area contributed by atoms with Crippen molar-refractivity contribution >= 4 is 23.4 Å². The van der Waals surface area contributed by atoms with Crippen LogP contribution in [0.15, 0.2) is 0 Å². The van der Waals surface area contributed by atoms with Crippen molar-refractivity contribution in [2.24, 2.45) is 5.92 Å². The molecule has 2 amide bonds. The van der Waals surface area contributed by atoms with E-state index in [2.05, 4.69) is 10.6 Å². The number of rotatable bonds is 23. The zero-order valence-electron chi connectivity index (χ0n) is 27.8. The van der Waals surface area contributed by atoms with Gasteiger partial charge in [0.1, 0.15) is 11.6 Å². The molecule has 1 aliphatic rings. The van der Waals surface area contributed by atoms with Crippen molar-refractivity contribution in [2.45, 2.75) is 162 Å². The minimum atomic E-state index is -0.408. The molecule has 1 aliphatic heterocycles. The minimum Gasteiger partial charge on any atom is -0.377 e. The maximum atomic E-state index is 13.0. The van der Waals surface area contributed by atoms with Crippen LogP contribution >= 0.6 is 0 Å². The summed E-state index contributed by atoms with van der Waals surface area (Å²) in [5.74, 6) is 0.391. The van der Waals surface area contributed by atoms with Gasteiger partial charge >= 0.3 is 0 Å². The Morgan fingerprint density at radius 2 is 1.45 bits per heavy atom. The number of nitrogens with one attached hydrogen (secondary N) is 2. The molecule has 244 valence electrons. The summed E-state index contributed by atoms with van der Waals surface area (Å²) in [5.41, 5.74) is 0. The fourth-order valence-electron chi connectivity index (χ4n) is 5.23. The first-order chi connectivity index (χ1) is 19.8. The van der Waals surface area contributed by atoms with E-state index in [4.69, 9.17) is 9.47 Å². The second kappa shape index (κ2) is 21.0. The van der Waals surface area contributed by atoms with Crippen molar-refractivity contribution < 1.29 is 28.7 Å². The highest BCUT2D eigenvalue weighted by atomic mass is 16.5. The molecule has 0 spiro atoms. The number of hydrogen-bond donors (Lipinski definition) is 2. The lowest BCUT2D eigenvalue weighted by atomic mass is 10.0. The highest BCUT2D eigenvalue weighted by Gasteiger charge is 2.36. The van der Waals surface area contributed by atoms with Crippen LogP contribution in [0.3, 0.4) is 0 Å². The van der Waals surface area contributed by atoms with Gasteiger partial charge in [-0.1, -0.05) is 40.5 Å². The van der Waals surface area contributed by atoms with E-state index in [0.29, 0.717) is 58.2 Å². The molecule has 0 aliphatic carbocycles. The summed E-state index contributed by atoms with van der Waals surface area (Å²) in [6.45, 7) is 17.4. The van der Waals surface area contributed by atoms with Crippen molar-refractivity contribution in [1.29, 1.82) is 0 Å². The van der Waals surface area contributed by atoms with E-state index in [1.807, 2.05) is 60.3 Å². The van der Waals surface area contributed by atoms with Gasteiger partial charge in [-0.2, -0.15) is 0 Å². The Kier molecular flexibility index (Phi) is 19.1. The number of nitrogens with zero attached hydrogens (tertiary/aromatic N) is 1. The van der Waals surface area contributed by atoms with Gasteiger partial charge in [0.05, 0.1) is 37.0 Å². The second-order valence-electron chi connectivity index (χ2n) is 13.0. The number of hydrogen-bond acceptors (Lipinski definition) is 7. The Hall–Kier alpha value is -1.84. The van der Waals surface area contributed by atoms with Crippen LogP contribution in [0, 0.1) is 5.92 Å². The van der Waals surface area contributed by atoms with Crippen LogP contribution in [-0.2, 0) is 28.7 Å². The molecular weight excluding hydrogens is 534 g/mol. The van der Waals surface area contributed by atoms with Gasteiger partial charge in [-0.05, 0) is 59.8 Å². The first-order valence-electron chi connectivity index (χ1n) is 16.4. The largest absolute Gasteiger partial charge is 0.377 e. The Morgan fingerprint density at radius 3 is 2.05 bits per heavy atom. The minimum absolute atomic E-state index is 0.0306. The van der Waals surface area contributed by atoms with E-state index in [1.54, 1.807) is 0 Å². The fourth-order valence-corrected chi connectivity index (χ4v) is 5.23. The van der Waals surface area contributed by atoms with Crippen molar-refractivity contribution in [3.05, 3.63) is 0 Å². The Bertz CT molecular complexity index is 814. The topological polar surface area (TPSA) is 114 Å². The number of likely N-dealkylation sites (tertiary alicyclic amines) is 1. The smallest absolute Gasteiger partial charge is 0.237 e. The van der Waals surface area contributed by atoms with Crippen LogP contribution in [-0.4, -0.2) is 84.4 Å². The van der Waals surface area contributed by atoms with Gasteiger partial charge in [-0.25, -0.2) is 0 Å². The fraction of sp³-hybridized carbons (Fsp3) is 0.879. The van der Waals surface area contributed by atoms with Gasteiger partial charge in [-0.15, -0.1) is 0 Å². The molecule has 2 N–H and O–H groups in total. The molecule has 0 saturated carbocycles. The third-order valence-electron chi connectivity index (χ3n) is 7.49. The molecule has 1 fully saturated rings. The lowest BCUT2D eigenvalue weighted by Crippen LogP contribution is -2.47. The van der Waals surface area contributed by atoms with E-state index < -0.39 is 6.04 Å². The number of unbranched alkanes of at least 4 members (excludes halogenated alkanes) is 3. The Labute approximate surface area is 255 Å². The summed E-state index contributed by atoms with van der Waals surface area (Å²) >= 11 is 0. The molecule has 0 bridgehead atoms. The third-order valence-corrected chi connectivity index (χ3v) is 7.49. The number of Topliss-reactive ketones (excluding diaryl/α,β-unsaturated/α-hetero) is 2. The SMILES string of the molecule is CC(C)N[C@H](CCC(=O)C(C)C)C(=O)NCCCC(=O)CCCCCCC(=O)N1C[C@H](OC(C)C)C[C@H]1COC(C)C. The summed E-state index contributed by atoms with van der Waals surface area (Å²) in [6.07, 6.45) is 7.58. The molecule has 0 aromatic carbocycles. The third kappa shape index (κ3) is 16.7. The first-order valence-corrected chi connectivity index (χ1v) is 16.4. The number of ketones is 2. The lowest BCUT2D eigenvalue weighted by molar-refractivity contribution is -0.134. The van der Waals surface area contributed by atoms with Crippen molar-refractivity contribution in [3.8, 4) is 0 Å². The van der Waals surface area contributed by atoms with E-state index in [1.165, 1.54) is 0 Å². The van der Waals surface area contributed by atoms with Crippen molar-refractivity contribution in [1.82, 2.24) is 15.5 Å². The first kappa shape index (κ1) is 38.2. The predicted molar refractivity (Wildman–Crippen MR) is 167 cm³/mol. The molecular formula is C33H61N3O6. The zero-order chi connectivity index (χ0) is 31.7. The van der Waals surface area contributed by atoms with E-state index in [-0.39, 0.29) is 59.7 Å². The Morgan fingerprint density at radius 1 is 0.810 bits per heavy atom. The summed E-state index contributed by atoms with van der Waals surface area (Å²) in [7, 11) is 0. The summed E-state index contributed by atoms with van der Waals surface area (Å²) in [5, 5.41) is 6.17. The number of ether oxygens (including phenoxy) is 2. The van der Waals surface area contributed by atoms with Crippen LogP contribution in [0.2, 0.25) is 0 Å². The Balaban J connectivity index is 2.25. The standard InChI is InChI=1S/C33H61N3O6/c1-23(2)31(38)18-17-30(35-24(3)4)33(40)34-19-13-15-28(37)14-11-9-10-12-16-32(39)36-21-29(42-26(7)8)20-27(36)22-41-25(5)6/h23-27,29-30,35H,9-22H2,1-8H3,(H,34,40)/t27-,29+,30+/m0/s1. The van der Waals surface area contributed by atoms with Crippen LogP contribution in [0.4, 0.5) is 0 Å². The van der Waals surface area contributed by atoms with E-state index in [9.17, 15) is 19.2 Å². The van der Waals surface area contributed by atoms with Gasteiger partial charge in [0.25, 0.3) is 0 Å². The molecule has 0 aromatic heterocycles. The van der Waals surface area contributed by atoms with Gasteiger partial charge in [0.2, 0.25) is 11.8 Å². The van der Waals surface area contributed by atoms with Gasteiger partial charge in [0, 0.05) is 50.7 Å². The molecule has 9 heteroatoms. The highest BCUT2D eigenvalue weighted by Crippen LogP contribution is 2.24. The van der Waals surface area contributed by atoms with E-state index >= 15 is 0 Å². The molecule has 42 heavy (non-hydrogen) atoms. The second-order valence-corrected chi connectivity index (χ2v) is 13.0. The molecule has 0 aromatic rings. The number of carbonyl (C=O) groups excluding carboxylic acids is 4. The molecule has 1 rings (SSSR count). The van der Waals surface area contributed by atoms with Crippen molar-refractivity contribution in [3.63, 3.8) is 0 Å². The summed E-state index contributed by atoms with van der Waals surface area (Å²) in [4.78, 5) is 51.9. The normalized spacial score (nSPS) is 18.0. The molecule has 0 unspecified atom stereocenters. The summed E-state index contributed by atoms with van der Waals surface area (Å²) in [6, 6.07) is -0.208. The van der Waals surface area contributed by atoms with Gasteiger partial charge in [0.15, 0.2) is 0 Å². The monoisotopic (exact) mass is 595 g/mol. The quantitative estimate of drug-likeness (QED) is 0.160. The van der Waals surface area contributed by atoms with Crippen molar-refractivity contribution in [2.75, 3.05) is 19.7 Å². The lowest BCUT2D eigenvalue weighted by Gasteiger charge is -2.25. The molecule has 3 atom stereocenters. The number of carbonyl (C=O) groups is 4. The van der Waals surface area contributed by atoms with Crippen LogP contribution in [0.5, 0.6) is 0 Å². The van der Waals surface area contributed by atoms with E-state index in [0.717, 1.165) is 32.1 Å². The average Bonchev–Trinajstić information content (AvgIpc) is 3.30. The molecule has 9 nitrogen and oxygen atoms in total. The molecule has 1 saturated heterocycles.